The highest BCUT2D eigenvalue weighted by molar-refractivity contribution is 5.89. The van der Waals surface area contributed by atoms with Crippen molar-refractivity contribution in [3.8, 4) is 0 Å². The molecule has 2 fully saturated rings. The molecule has 2 bridgehead atoms. The minimum Gasteiger partial charge on any atom is -0.481 e. The number of ketones is 1. The molecular weight excluding hydrogens is 328 g/mol. The van der Waals surface area contributed by atoms with Crippen LogP contribution in [0.2, 0.25) is 0 Å². The number of rotatable bonds is 12. The number of aliphatic carboxylic acids is 1. The Morgan fingerprint density at radius 3 is 2.73 bits per heavy atom. The number of carboxylic acids is 1. The zero-order valence-electron chi connectivity index (χ0n) is 16.1. The minimum absolute atomic E-state index is 0.234. The van der Waals surface area contributed by atoms with E-state index in [-0.39, 0.29) is 12.2 Å². The molecule has 4 atom stereocenters. The topological polar surface area (TPSA) is 63.6 Å². The first kappa shape index (κ1) is 20.9. The third kappa shape index (κ3) is 7.06. The van der Waals surface area contributed by atoms with Gasteiger partial charge in [0.2, 0.25) is 0 Å². The molecule has 146 valence electrons. The van der Waals surface area contributed by atoms with Crippen molar-refractivity contribution in [3.63, 3.8) is 0 Å². The van der Waals surface area contributed by atoms with Crippen molar-refractivity contribution in [1.29, 1.82) is 0 Å². The first-order valence-electron chi connectivity index (χ1n) is 10.3. The van der Waals surface area contributed by atoms with Crippen molar-refractivity contribution in [2.75, 3.05) is 6.61 Å². The van der Waals surface area contributed by atoms with Gasteiger partial charge in [-0.3, -0.25) is 9.59 Å². The summed E-state index contributed by atoms with van der Waals surface area (Å²) < 4.78 is 5.89. The van der Waals surface area contributed by atoms with Gasteiger partial charge in [0.05, 0.1) is 12.7 Å². The number of carbonyl (C=O) groups excluding carboxylic acids is 1. The smallest absolute Gasteiger partial charge is 0.303 e. The van der Waals surface area contributed by atoms with E-state index < -0.39 is 5.97 Å². The van der Waals surface area contributed by atoms with Gasteiger partial charge in [0.1, 0.15) is 0 Å². The molecule has 1 N–H and O–H groups in total. The van der Waals surface area contributed by atoms with Gasteiger partial charge >= 0.3 is 5.97 Å². The van der Waals surface area contributed by atoms with Gasteiger partial charge in [0.25, 0.3) is 0 Å². The maximum Gasteiger partial charge on any atom is 0.303 e. The maximum absolute atomic E-state index is 12.1. The molecule has 26 heavy (non-hydrogen) atoms. The van der Waals surface area contributed by atoms with Crippen LogP contribution >= 0.6 is 0 Å². The van der Waals surface area contributed by atoms with Crippen LogP contribution in [0.4, 0.5) is 0 Å². The van der Waals surface area contributed by atoms with E-state index in [0.717, 1.165) is 51.6 Å². The van der Waals surface area contributed by atoms with Crippen LogP contribution in [0.1, 0.15) is 71.1 Å². The van der Waals surface area contributed by atoms with E-state index in [2.05, 4.69) is 25.2 Å². The monoisotopic (exact) mass is 362 g/mol. The van der Waals surface area contributed by atoms with Crippen molar-refractivity contribution in [2.45, 2.75) is 77.2 Å². The fraction of sp³-hybridized carbons (Fsp3) is 0.727. The molecule has 4 heteroatoms. The number of ether oxygens (including phenoxy) is 1. The fourth-order valence-corrected chi connectivity index (χ4v) is 4.22. The van der Waals surface area contributed by atoms with Gasteiger partial charge in [-0.25, -0.2) is 0 Å². The Labute approximate surface area is 157 Å². The van der Waals surface area contributed by atoms with Crippen LogP contribution in [0.5, 0.6) is 0 Å². The van der Waals surface area contributed by atoms with E-state index in [9.17, 15) is 9.59 Å². The number of hydrogen-bond acceptors (Lipinski definition) is 3. The summed E-state index contributed by atoms with van der Waals surface area (Å²) in [6.45, 7) is 2.99. The summed E-state index contributed by atoms with van der Waals surface area (Å²) in [5, 5.41) is 8.68. The summed E-state index contributed by atoms with van der Waals surface area (Å²) in [6.07, 6.45) is 17.5. The SMILES string of the molecule is CCCCCC(=O)/C=C/[C@H]1C[C@H]2C[C@H](CO2)[C@@H]1C/C=C\CCCC(=O)O. The molecule has 0 aromatic heterocycles. The van der Waals surface area contributed by atoms with Crippen LogP contribution in [0.15, 0.2) is 24.3 Å². The Morgan fingerprint density at radius 1 is 1.12 bits per heavy atom. The largest absolute Gasteiger partial charge is 0.481 e. The highest BCUT2D eigenvalue weighted by Crippen LogP contribution is 2.43. The summed E-state index contributed by atoms with van der Waals surface area (Å²) in [7, 11) is 0. The lowest BCUT2D eigenvalue weighted by atomic mass is 9.71. The molecule has 0 aromatic carbocycles. The maximum atomic E-state index is 12.1. The fourth-order valence-electron chi connectivity index (χ4n) is 4.22. The second-order valence-electron chi connectivity index (χ2n) is 7.79. The van der Waals surface area contributed by atoms with Gasteiger partial charge in [-0.1, -0.05) is 38.0 Å². The van der Waals surface area contributed by atoms with Gasteiger partial charge in [-0.05, 0) is 62.4 Å². The molecule has 2 aliphatic rings. The lowest BCUT2D eigenvalue weighted by molar-refractivity contribution is -0.137. The summed E-state index contributed by atoms with van der Waals surface area (Å²) in [6, 6.07) is 0. The van der Waals surface area contributed by atoms with Crippen LogP contribution < -0.4 is 0 Å². The average molecular weight is 363 g/mol. The van der Waals surface area contributed by atoms with Crippen LogP contribution in [-0.4, -0.2) is 29.6 Å². The Balaban J connectivity index is 1.83. The van der Waals surface area contributed by atoms with Crippen molar-refractivity contribution in [2.24, 2.45) is 17.8 Å². The van der Waals surface area contributed by atoms with E-state index in [1.807, 2.05) is 6.08 Å². The molecule has 2 rings (SSSR count). The van der Waals surface area contributed by atoms with E-state index >= 15 is 0 Å². The van der Waals surface area contributed by atoms with Gasteiger partial charge in [-0.2, -0.15) is 0 Å². The molecule has 0 radical (unpaired) electrons. The third-order valence-electron chi connectivity index (χ3n) is 5.69. The molecule has 1 aliphatic heterocycles. The molecule has 0 spiro atoms. The number of allylic oxidation sites excluding steroid dienone is 4. The lowest BCUT2D eigenvalue weighted by Crippen LogP contribution is -2.29. The summed E-state index contributed by atoms with van der Waals surface area (Å²) in [4.78, 5) is 22.6. The van der Waals surface area contributed by atoms with Crippen molar-refractivity contribution < 1.29 is 19.4 Å². The molecule has 1 saturated heterocycles. The predicted molar refractivity (Wildman–Crippen MR) is 103 cm³/mol. The molecule has 1 aliphatic carbocycles. The predicted octanol–water partition coefficient (Wildman–Crippen LogP) is 4.93. The summed E-state index contributed by atoms with van der Waals surface area (Å²) in [5.74, 6) is 1.06. The Kier molecular flexibility index (Phi) is 9.10. The van der Waals surface area contributed by atoms with Crippen molar-refractivity contribution in [3.05, 3.63) is 24.3 Å². The van der Waals surface area contributed by atoms with Crippen LogP contribution in [0.3, 0.4) is 0 Å². The average Bonchev–Trinajstić information content (AvgIpc) is 3.00. The standard InChI is InChI=1S/C22H34O4/c1-2-3-6-9-19(23)13-12-17-14-20-15-18(16-26-20)21(17)10-7-4-5-8-11-22(24)25/h4,7,12-13,17-18,20-21H,2-3,5-6,8-11,14-16H2,1H3,(H,24,25)/b7-4-,13-12+/t17-,18+,20-,21+/m0/s1. The zero-order chi connectivity index (χ0) is 18.8. The van der Waals surface area contributed by atoms with Gasteiger partial charge < -0.3 is 9.84 Å². The number of carbonyl (C=O) groups is 2. The van der Waals surface area contributed by atoms with E-state index in [1.165, 1.54) is 0 Å². The minimum atomic E-state index is -0.728. The van der Waals surface area contributed by atoms with E-state index in [4.69, 9.17) is 9.84 Å². The first-order valence-corrected chi connectivity index (χ1v) is 10.3. The normalized spacial score (nSPS) is 28.2. The molecule has 4 nitrogen and oxygen atoms in total. The Hall–Kier alpha value is -1.42. The third-order valence-corrected chi connectivity index (χ3v) is 5.69. The Bertz CT molecular complexity index is 508. The quantitative estimate of drug-likeness (QED) is 0.304. The number of fused-ring (bicyclic) bond motifs is 2. The lowest BCUT2D eigenvalue weighted by Gasteiger charge is -2.33. The molecule has 0 aromatic rings. The number of unbranched alkanes of at least 4 members (excludes halogenated alkanes) is 3. The van der Waals surface area contributed by atoms with Crippen molar-refractivity contribution in [1.82, 2.24) is 0 Å². The number of hydrogen-bond donors (Lipinski definition) is 1. The second-order valence-corrected chi connectivity index (χ2v) is 7.79. The zero-order valence-corrected chi connectivity index (χ0v) is 16.1. The van der Waals surface area contributed by atoms with Gasteiger partial charge in [0, 0.05) is 12.8 Å². The molecule has 1 heterocycles. The van der Waals surface area contributed by atoms with Gasteiger partial charge in [-0.15, -0.1) is 0 Å². The first-order chi connectivity index (χ1) is 12.6. The highest BCUT2D eigenvalue weighted by atomic mass is 16.5. The van der Waals surface area contributed by atoms with Crippen LogP contribution in [0.25, 0.3) is 0 Å². The highest BCUT2D eigenvalue weighted by Gasteiger charge is 2.41. The van der Waals surface area contributed by atoms with Crippen LogP contribution in [0, 0.1) is 17.8 Å². The van der Waals surface area contributed by atoms with E-state index in [1.54, 1.807) is 0 Å². The van der Waals surface area contributed by atoms with Crippen LogP contribution in [-0.2, 0) is 14.3 Å². The van der Waals surface area contributed by atoms with Crippen molar-refractivity contribution >= 4 is 11.8 Å². The molecule has 0 amide bonds. The molecular formula is C22H34O4. The second kappa shape index (κ2) is 11.3. The number of carboxylic acid groups (broad SMARTS) is 1. The van der Waals surface area contributed by atoms with Gasteiger partial charge in [0.15, 0.2) is 5.78 Å². The summed E-state index contributed by atoms with van der Waals surface area (Å²) in [5.41, 5.74) is 0. The Morgan fingerprint density at radius 2 is 1.96 bits per heavy atom. The molecule has 0 unspecified atom stereocenters. The van der Waals surface area contributed by atoms with E-state index in [0.29, 0.717) is 36.7 Å². The molecule has 1 saturated carbocycles. The summed E-state index contributed by atoms with van der Waals surface area (Å²) >= 11 is 0.